The standard InChI is InChI=1S/C20H32N4O/c1-5-21-19(22-13-12-20(2,3)4)23-15-16-8-10-17(11-9-16)24-14-6-7-18(24)25/h8-11H,5-7,12-15H2,1-4H3,(H2,21,22,23). The number of anilines is 1. The molecule has 2 rings (SSSR count). The van der Waals surface area contributed by atoms with Gasteiger partial charge >= 0.3 is 0 Å². The van der Waals surface area contributed by atoms with E-state index in [1.165, 1.54) is 0 Å². The molecular formula is C20H32N4O. The molecule has 2 N–H and O–H groups in total. The van der Waals surface area contributed by atoms with E-state index in [0.29, 0.717) is 18.4 Å². The van der Waals surface area contributed by atoms with Crippen molar-refractivity contribution < 1.29 is 4.79 Å². The molecule has 0 atom stereocenters. The Labute approximate surface area is 151 Å². The van der Waals surface area contributed by atoms with Crippen LogP contribution in [0.3, 0.4) is 0 Å². The molecule has 138 valence electrons. The zero-order chi connectivity index (χ0) is 18.3. The third-order valence-electron chi connectivity index (χ3n) is 4.25. The molecule has 1 aromatic carbocycles. The minimum atomic E-state index is 0.225. The van der Waals surface area contributed by atoms with Gasteiger partial charge in [-0.15, -0.1) is 0 Å². The lowest BCUT2D eigenvalue weighted by atomic mass is 9.92. The second-order valence-electron chi connectivity index (χ2n) is 7.75. The Morgan fingerprint density at radius 1 is 1.20 bits per heavy atom. The van der Waals surface area contributed by atoms with E-state index in [-0.39, 0.29) is 5.91 Å². The van der Waals surface area contributed by atoms with Crippen LogP contribution in [0.25, 0.3) is 0 Å². The summed E-state index contributed by atoms with van der Waals surface area (Å²) in [5, 5.41) is 6.68. The Morgan fingerprint density at radius 2 is 1.92 bits per heavy atom. The first-order valence-electron chi connectivity index (χ1n) is 9.30. The largest absolute Gasteiger partial charge is 0.357 e. The summed E-state index contributed by atoms with van der Waals surface area (Å²) in [4.78, 5) is 18.3. The van der Waals surface area contributed by atoms with Crippen LogP contribution in [0.5, 0.6) is 0 Å². The molecule has 1 saturated heterocycles. The number of carbonyl (C=O) groups excluding carboxylic acids is 1. The molecule has 1 heterocycles. The third-order valence-corrected chi connectivity index (χ3v) is 4.25. The Kier molecular flexibility index (Phi) is 6.85. The van der Waals surface area contributed by atoms with Crippen LogP contribution in [0, 0.1) is 5.41 Å². The number of guanidine groups is 1. The van der Waals surface area contributed by atoms with E-state index >= 15 is 0 Å². The summed E-state index contributed by atoms with van der Waals surface area (Å²) in [6.07, 6.45) is 2.71. The van der Waals surface area contributed by atoms with Crippen molar-refractivity contribution in [1.29, 1.82) is 0 Å². The van der Waals surface area contributed by atoms with Gasteiger partial charge in [0.1, 0.15) is 0 Å². The molecule has 1 amide bonds. The maximum Gasteiger partial charge on any atom is 0.227 e. The molecule has 5 heteroatoms. The van der Waals surface area contributed by atoms with Crippen molar-refractivity contribution >= 4 is 17.6 Å². The minimum Gasteiger partial charge on any atom is -0.357 e. The van der Waals surface area contributed by atoms with Crippen molar-refractivity contribution in [2.24, 2.45) is 10.4 Å². The van der Waals surface area contributed by atoms with E-state index in [1.807, 2.05) is 17.0 Å². The second kappa shape index (κ2) is 8.88. The first kappa shape index (κ1) is 19.3. The Hall–Kier alpha value is -2.04. The highest BCUT2D eigenvalue weighted by Crippen LogP contribution is 2.21. The fourth-order valence-corrected chi connectivity index (χ4v) is 2.77. The van der Waals surface area contributed by atoms with Gasteiger partial charge in [0.25, 0.3) is 0 Å². The molecule has 0 radical (unpaired) electrons. The van der Waals surface area contributed by atoms with Gasteiger partial charge in [0, 0.05) is 31.7 Å². The van der Waals surface area contributed by atoms with Gasteiger partial charge in [-0.3, -0.25) is 4.79 Å². The summed E-state index contributed by atoms with van der Waals surface area (Å²) >= 11 is 0. The number of hydrogen-bond donors (Lipinski definition) is 2. The van der Waals surface area contributed by atoms with E-state index in [2.05, 4.69) is 55.5 Å². The molecule has 0 unspecified atom stereocenters. The zero-order valence-electron chi connectivity index (χ0n) is 16.1. The van der Waals surface area contributed by atoms with Gasteiger partial charge in [0.05, 0.1) is 6.54 Å². The average Bonchev–Trinajstić information content (AvgIpc) is 2.98. The molecule has 5 nitrogen and oxygen atoms in total. The number of carbonyl (C=O) groups is 1. The third kappa shape index (κ3) is 6.40. The fraction of sp³-hybridized carbons (Fsp3) is 0.600. The van der Waals surface area contributed by atoms with Crippen LogP contribution in [0.2, 0.25) is 0 Å². The van der Waals surface area contributed by atoms with Crippen LogP contribution in [0.4, 0.5) is 5.69 Å². The maximum atomic E-state index is 11.8. The Balaban J connectivity index is 1.91. The van der Waals surface area contributed by atoms with Crippen molar-refractivity contribution in [1.82, 2.24) is 10.6 Å². The molecule has 0 saturated carbocycles. The second-order valence-corrected chi connectivity index (χ2v) is 7.75. The van der Waals surface area contributed by atoms with Crippen molar-refractivity contribution in [2.75, 3.05) is 24.5 Å². The molecule has 1 aromatic rings. The van der Waals surface area contributed by atoms with Gasteiger partial charge in [-0.05, 0) is 42.9 Å². The number of benzene rings is 1. The lowest BCUT2D eigenvalue weighted by molar-refractivity contribution is -0.117. The van der Waals surface area contributed by atoms with Crippen LogP contribution >= 0.6 is 0 Å². The van der Waals surface area contributed by atoms with Gasteiger partial charge in [0.2, 0.25) is 5.91 Å². The maximum absolute atomic E-state index is 11.8. The van der Waals surface area contributed by atoms with Crippen LogP contribution in [0.15, 0.2) is 29.3 Å². The smallest absolute Gasteiger partial charge is 0.227 e. The molecule has 1 fully saturated rings. The van der Waals surface area contributed by atoms with Crippen LogP contribution < -0.4 is 15.5 Å². The van der Waals surface area contributed by atoms with Crippen molar-refractivity contribution in [2.45, 2.75) is 53.5 Å². The average molecular weight is 345 g/mol. The molecule has 1 aliphatic heterocycles. The van der Waals surface area contributed by atoms with Crippen LogP contribution in [0.1, 0.15) is 52.5 Å². The molecular weight excluding hydrogens is 312 g/mol. The molecule has 1 aliphatic rings. The number of nitrogens with one attached hydrogen (secondary N) is 2. The molecule has 0 aliphatic carbocycles. The Morgan fingerprint density at radius 3 is 2.48 bits per heavy atom. The van der Waals surface area contributed by atoms with Gasteiger partial charge in [-0.25, -0.2) is 4.99 Å². The number of rotatable bonds is 6. The highest BCUT2D eigenvalue weighted by atomic mass is 16.2. The Bertz CT molecular complexity index is 587. The van der Waals surface area contributed by atoms with Crippen LogP contribution in [-0.4, -0.2) is 31.5 Å². The predicted molar refractivity (Wildman–Crippen MR) is 105 cm³/mol. The monoisotopic (exact) mass is 344 g/mol. The molecule has 0 spiro atoms. The summed E-state index contributed by atoms with van der Waals surface area (Å²) in [6, 6.07) is 8.16. The van der Waals surface area contributed by atoms with E-state index in [9.17, 15) is 4.79 Å². The van der Waals surface area contributed by atoms with Gasteiger partial charge in [-0.1, -0.05) is 32.9 Å². The lowest BCUT2D eigenvalue weighted by Gasteiger charge is -2.19. The predicted octanol–water partition coefficient (Wildman–Crippen LogP) is 3.30. The number of nitrogens with zero attached hydrogens (tertiary/aromatic N) is 2. The summed E-state index contributed by atoms with van der Waals surface area (Å²) in [5.74, 6) is 1.08. The molecule has 0 aromatic heterocycles. The van der Waals surface area contributed by atoms with Crippen molar-refractivity contribution in [3.8, 4) is 0 Å². The number of amides is 1. The topological polar surface area (TPSA) is 56.7 Å². The molecule has 0 bridgehead atoms. The summed E-state index contributed by atoms with van der Waals surface area (Å²) in [6.45, 7) is 12.0. The summed E-state index contributed by atoms with van der Waals surface area (Å²) < 4.78 is 0. The zero-order valence-corrected chi connectivity index (χ0v) is 16.1. The van der Waals surface area contributed by atoms with Crippen LogP contribution in [-0.2, 0) is 11.3 Å². The van der Waals surface area contributed by atoms with E-state index in [1.54, 1.807) is 0 Å². The van der Waals surface area contributed by atoms with Gasteiger partial charge < -0.3 is 15.5 Å². The van der Waals surface area contributed by atoms with Crippen molar-refractivity contribution in [3.63, 3.8) is 0 Å². The SMILES string of the molecule is CCNC(=NCc1ccc(N2CCCC2=O)cc1)NCCC(C)(C)C. The minimum absolute atomic E-state index is 0.225. The van der Waals surface area contributed by atoms with Gasteiger partial charge in [-0.2, -0.15) is 0 Å². The first-order valence-corrected chi connectivity index (χ1v) is 9.30. The lowest BCUT2D eigenvalue weighted by Crippen LogP contribution is -2.38. The highest BCUT2D eigenvalue weighted by molar-refractivity contribution is 5.95. The fourth-order valence-electron chi connectivity index (χ4n) is 2.77. The van der Waals surface area contributed by atoms with Gasteiger partial charge in [0.15, 0.2) is 5.96 Å². The first-order chi connectivity index (χ1) is 11.9. The van der Waals surface area contributed by atoms with E-state index in [4.69, 9.17) is 0 Å². The molecule has 25 heavy (non-hydrogen) atoms. The number of hydrogen-bond acceptors (Lipinski definition) is 2. The van der Waals surface area contributed by atoms with E-state index < -0.39 is 0 Å². The van der Waals surface area contributed by atoms with E-state index in [0.717, 1.165) is 49.7 Å². The quantitative estimate of drug-likeness (QED) is 0.615. The summed E-state index contributed by atoms with van der Waals surface area (Å²) in [5.41, 5.74) is 2.45. The normalized spacial score (nSPS) is 15.6. The highest BCUT2D eigenvalue weighted by Gasteiger charge is 2.21. The summed E-state index contributed by atoms with van der Waals surface area (Å²) in [7, 11) is 0. The van der Waals surface area contributed by atoms with Crippen molar-refractivity contribution in [3.05, 3.63) is 29.8 Å². The number of aliphatic imine (C=N–C) groups is 1.